The molecule has 0 saturated carbocycles. The number of carbonyl (C=O) groups excluding carboxylic acids is 1. The van der Waals surface area contributed by atoms with Crippen LogP contribution in [0.25, 0.3) is 16.8 Å². The van der Waals surface area contributed by atoms with Gasteiger partial charge in [0.2, 0.25) is 5.91 Å². The number of ether oxygens (including phenoxy) is 1. The molecule has 0 bridgehead atoms. The second-order valence-electron chi connectivity index (χ2n) is 6.77. The first-order valence-corrected chi connectivity index (χ1v) is 10.8. The molecule has 0 saturated heterocycles. The molecule has 2 heterocycles. The summed E-state index contributed by atoms with van der Waals surface area (Å²) < 4.78 is 20.4. The first-order valence-electron chi connectivity index (χ1n) is 9.77. The molecular weight excluding hydrogens is 415 g/mol. The first kappa shape index (κ1) is 20.9. The van der Waals surface area contributed by atoms with Crippen LogP contribution in [0.15, 0.2) is 72.0 Å². The summed E-state index contributed by atoms with van der Waals surface area (Å²) in [7, 11) is 1.67. The van der Waals surface area contributed by atoms with Gasteiger partial charge in [0.15, 0.2) is 0 Å². The average Bonchev–Trinajstić information content (AvgIpc) is 3.23. The number of hydrogen-bond acceptors (Lipinski definition) is 5. The van der Waals surface area contributed by atoms with E-state index in [2.05, 4.69) is 10.1 Å². The summed E-state index contributed by atoms with van der Waals surface area (Å²) in [5.41, 5.74) is 3.25. The minimum absolute atomic E-state index is 0.105. The minimum atomic E-state index is -0.334. The Morgan fingerprint density at radius 1 is 1.16 bits per heavy atom. The molecule has 4 aromatic rings. The Labute approximate surface area is 183 Å². The van der Waals surface area contributed by atoms with E-state index in [1.54, 1.807) is 36.1 Å². The molecule has 2 aromatic carbocycles. The van der Waals surface area contributed by atoms with Gasteiger partial charge in [-0.1, -0.05) is 11.8 Å². The molecule has 0 aliphatic carbocycles. The fourth-order valence-electron chi connectivity index (χ4n) is 3.07. The number of rotatable bonds is 7. The van der Waals surface area contributed by atoms with Gasteiger partial charge in [-0.05, 0) is 61.5 Å². The maximum absolute atomic E-state index is 13.1. The van der Waals surface area contributed by atoms with E-state index in [1.165, 1.54) is 28.8 Å². The number of amides is 1. The van der Waals surface area contributed by atoms with Crippen LogP contribution in [-0.4, -0.2) is 39.9 Å². The van der Waals surface area contributed by atoms with Gasteiger partial charge in [0.25, 0.3) is 0 Å². The molecule has 0 atom stereocenters. The minimum Gasteiger partial charge on any atom is -0.494 e. The molecule has 0 spiro atoms. The number of benzene rings is 2. The standard InChI is InChI=1S/C23H21FN4O2S/c1-3-30-19-10-4-16(5-11-19)20-14-21-23(25-12-13-28(21)26-20)31-15-22(29)27(2)18-8-6-17(24)7-9-18/h4-14H,3,15H2,1-2H3. The van der Waals surface area contributed by atoms with Crippen LogP contribution in [0.1, 0.15) is 6.92 Å². The number of thioether (sulfide) groups is 1. The zero-order valence-corrected chi connectivity index (χ0v) is 18.0. The van der Waals surface area contributed by atoms with E-state index in [4.69, 9.17) is 4.74 Å². The van der Waals surface area contributed by atoms with Gasteiger partial charge in [0.05, 0.1) is 23.6 Å². The van der Waals surface area contributed by atoms with E-state index in [1.807, 2.05) is 37.3 Å². The maximum atomic E-state index is 13.1. The van der Waals surface area contributed by atoms with Crippen molar-refractivity contribution in [3.05, 3.63) is 72.8 Å². The number of fused-ring (bicyclic) bond motifs is 1. The number of carbonyl (C=O) groups is 1. The van der Waals surface area contributed by atoms with Gasteiger partial charge in [0, 0.05) is 30.7 Å². The van der Waals surface area contributed by atoms with Gasteiger partial charge in [-0.15, -0.1) is 0 Å². The Kier molecular flexibility index (Phi) is 6.18. The highest BCUT2D eigenvalue weighted by Crippen LogP contribution is 2.27. The van der Waals surface area contributed by atoms with E-state index in [0.717, 1.165) is 22.5 Å². The monoisotopic (exact) mass is 436 g/mol. The highest BCUT2D eigenvalue weighted by Gasteiger charge is 2.15. The molecule has 0 aliphatic heterocycles. The van der Waals surface area contributed by atoms with Crippen molar-refractivity contribution < 1.29 is 13.9 Å². The Morgan fingerprint density at radius 3 is 2.61 bits per heavy atom. The quantitative estimate of drug-likeness (QED) is 0.394. The van der Waals surface area contributed by atoms with Gasteiger partial charge in [-0.25, -0.2) is 13.9 Å². The Hall–Kier alpha value is -3.39. The van der Waals surface area contributed by atoms with E-state index in [0.29, 0.717) is 17.3 Å². The second-order valence-corrected chi connectivity index (χ2v) is 7.73. The van der Waals surface area contributed by atoms with Gasteiger partial charge in [0.1, 0.15) is 16.6 Å². The molecule has 0 fully saturated rings. The van der Waals surface area contributed by atoms with Gasteiger partial charge in [-0.2, -0.15) is 5.10 Å². The van der Waals surface area contributed by atoms with Crippen LogP contribution in [0, 0.1) is 5.82 Å². The number of anilines is 1. The molecule has 2 aromatic heterocycles. The summed E-state index contributed by atoms with van der Waals surface area (Å²) in [5.74, 6) is 0.576. The molecule has 0 aliphatic rings. The van der Waals surface area contributed by atoms with Crippen molar-refractivity contribution in [2.75, 3.05) is 24.3 Å². The van der Waals surface area contributed by atoms with E-state index in [9.17, 15) is 9.18 Å². The lowest BCUT2D eigenvalue weighted by molar-refractivity contribution is -0.115. The van der Waals surface area contributed by atoms with Crippen LogP contribution in [0.4, 0.5) is 10.1 Å². The Morgan fingerprint density at radius 2 is 1.90 bits per heavy atom. The lowest BCUT2D eigenvalue weighted by Gasteiger charge is -2.17. The first-order chi connectivity index (χ1) is 15.0. The highest BCUT2D eigenvalue weighted by molar-refractivity contribution is 8.00. The molecule has 8 heteroatoms. The summed E-state index contributed by atoms with van der Waals surface area (Å²) in [6, 6.07) is 15.6. The fourth-order valence-corrected chi connectivity index (χ4v) is 3.96. The molecule has 0 radical (unpaired) electrons. The topological polar surface area (TPSA) is 59.7 Å². The number of nitrogens with zero attached hydrogens (tertiary/aromatic N) is 4. The molecule has 1 amide bonds. The predicted molar refractivity (Wildman–Crippen MR) is 120 cm³/mol. The van der Waals surface area contributed by atoms with Crippen LogP contribution in [0.2, 0.25) is 0 Å². The Bertz CT molecular complexity index is 1190. The SMILES string of the molecule is CCOc1ccc(-c2cc3c(SCC(=O)N(C)c4ccc(F)cc4)nccn3n2)cc1. The maximum Gasteiger partial charge on any atom is 0.237 e. The molecular formula is C23H21FN4O2S. The zero-order chi connectivity index (χ0) is 21.8. The van der Waals surface area contributed by atoms with Gasteiger partial charge < -0.3 is 9.64 Å². The number of halogens is 1. The normalized spacial score (nSPS) is 10.9. The van der Waals surface area contributed by atoms with E-state index in [-0.39, 0.29) is 17.5 Å². The van der Waals surface area contributed by atoms with Crippen molar-refractivity contribution in [2.45, 2.75) is 11.9 Å². The van der Waals surface area contributed by atoms with E-state index < -0.39 is 0 Å². The van der Waals surface area contributed by atoms with Gasteiger partial charge in [-0.3, -0.25) is 4.79 Å². The number of hydrogen-bond donors (Lipinski definition) is 0. The van der Waals surface area contributed by atoms with Crippen LogP contribution >= 0.6 is 11.8 Å². The molecule has 4 rings (SSSR count). The van der Waals surface area contributed by atoms with Crippen molar-refractivity contribution in [3.63, 3.8) is 0 Å². The zero-order valence-electron chi connectivity index (χ0n) is 17.2. The molecule has 31 heavy (non-hydrogen) atoms. The summed E-state index contributed by atoms with van der Waals surface area (Å²) >= 11 is 1.34. The van der Waals surface area contributed by atoms with Crippen molar-refractivity contribution in [1.29, 1.82) is 0 Å². The second kappa shape index (κ2) is 9.18. The molecule has 0 unspecified atom stereocenters. The average molecular weight is 437 g/mol. The van der Waals surface area contributed by atoms with Gasteiger partial charge >= 0.3 is 0 Å². The predicted octanol–water partition coefficient (Wildman–Crippen LogP) is 4.69. The van der Waals surface area contributed by atoms with Crippen LogP contribution < -0.4 is 9.64 Å². The number of aromatic nitrogens is 3. The lowest BCUT2D eigenvalue weighted by atomic mass is 10.1. The smallest absolute Gasteiger partial charge is 0.237 e. The molecule has 6 nitrogen and oxygen atoms in total. The Balaban J connectivity index is 1.50. The van der Waals surface area contributed by atoms with Crippen LogP contribution in [0.5, 0.6) is 5.75 Å². The van der Waals surface area contributed by atoms with E-state index >= 15 is 0 Å². The lowest BCUT2D eigenvalue weighted by Crippen LogP contribution is -2.27. The third kappa shape index (κ3) is 4.69. The summed E-state index contributed by atoms with van der Waals surface area (Å²) in [6.45, 7) is 2.57. The van der Waals surface area contributed by atoms with Crippen molar-refractivity contribution in [1.82, 2.24) is 14.6 Å². The molecule has 158 valence electrons. The fraction of sp³-hybridized carbons (Fsp3) is 0.174. The van der Waals surface area contributed by atoms with Crippen molar-refractivity contribution in [3.8, 4) is 17.0 Å². The van der Waals surface area contributed by atoms with Crippen LogP contribution in [-0.2, 0) is 4.79 Å². The van der Waals surface area contributed by atoms with Crippen LogP contribution in [0.3, 0.4) is 0 Å². The third-order valence-corrected chi connectivity index (χ3v) is 5.72. The van der Waals surface area contributed by atoms with Crippen molar-refractivity contribution in [2.24, 2.45) is 0 Å². The summed E-state index contributed by atoms with van der Waals surface area (Å²) in [6.07, 6.45) is 3.45. The van der Waals surface area contributed by atoms with Crippen molar-refractivity contribution >= 4 is 28.9 Å². The third-order valence-electron chi connectivity index (χ3n) is 4.74. The highest BCUT2D eigenvalue weighted by atomic mass is 32.2. The summed E-state index contributed by atoms with van der Waals surface area (Å²) in [4.78, 5) is 18.5. The largest absolute Gasteiger partial charge is 0.494 e. The molecule has 0 N–H and O–H groups in total. The summed E-state index contributed by atoms with van der Waals surface area (Å²) in [5, 5.41) is 5.34.